The fourth-order valence-corrected chi connectivity index (χ4v) is 3.35. The van der Waals surface area contributed by atoms with Gasteiger partial charge in [-0.2, -0.15) is 0 Å². The number of aliphatic hydroxyl groups is 2. The molecular formula is C21H22N2O5S. The SMILES string of the molecule is O=C(NCCC(O)C(O)c1ccc(-c2csc(=O)[nH]2)cc1)OCc1ccccc1. The number of H-pyrrole nitrogens is 1. The maximum atomic E-state index is 11.7. The fourth-order valence-electron chi connectivity index (χ4n) is 2.76. The second-order valence-electron chi connectivity index (χ2n) is 6.47. The molecule has 29 heavy (non-hydrogen) atoms. The maximum Gasteiger partial charge on any atom is 0.407 e. The number of amides is 1. The number of aromatic amines is 1. The summed E-state index contributed by atoms with van der Waals surface area (Å²) >= 11 is 1.08. The summed E-state index contributed by atoms with van der Waals surface area (Å²) in [6.07, 6.45) is -2.55. The molecule has 7 nitrogen and oxygen atoms in total. The molecule has 2 unspecified atom stereocenters. The Morgan fingerprint density at radius 1 is 1.10 bits per heavy atom. The number of nitrogens with one attached hydrogen (secondary N) is 2. The van der Waals surface area contributed by atoms with Gasteiger partial charge in [0.15, 0.2) is 0 Å². The number of alkyl carbamates (subject to hydrolysis) is 1. The molecule has 0 saturated heterocycles. The Kier molecular flexibility index (Phi) is 7.18. The highest BCUT2D eigenvalue weighted by atomic mass is 32.1. The molecule has 3 aromatic rings. The van der Waals surface area contributed by atoms with E-state index in [1.54, 1.807) is 29.6 Å². The van der Waals surface area contributed by atoms with E-state index < -0.39 is 18.3 Å². The minimum Gasteiger partial charge on any atom is -0.445 e. The van der Waals surface area contributed by atoms with Crippen LogP contribution in [0.15, 0.2) is 64.8 Å². The number of carbonyl (C=O) groups is 1. The van der Waals surface area contributed by atoms with Crippen molar-refractivity contribution in [2.45, 2.75) is 25.2 Å². The maximum absolute atomic E-state index is 11.7. The Labute approximate surface area is 171 Å². The zero-order chi connectivity index (χ0) is 20.6. The molecule has 2 atom stereocenters. The average Bonchev–Trinajstić information content (AvgIpc) is 3.19. The van der Waals surface area contributed by atoms with Gasteiger partial charge in [-0.1, -0.05) is 65.9 Å². The molecule has 152 valence electrons. The van der Waals surface area contributed by atoms with Crippen LogP contribution in [0, 0.1) is 0 Å². The zero-order valence-electron chi connectivity index (χ0n) is 15.6. The van der Waals surface area contributed by atoms with Crippen LogP contribution < -0.4 is 10.2 Å². The predicted molar refractivity (Wildman–Crippen MR) is 111 cm³/mol. The topological polar surface area (TPSA) is 112 Å². The normalized spacial score (nSPS) is 12.9. The molecule has 0 spiro atoms. The molecule has 0 aliphatic heterocycles. The minimum absolute atomic E-state index is 0.130. The van der Waals surface area contributed by atoms with Gasteiger partial charge >= 0.3 is 11.0 Å². The molecule has 1 amide bonds. The lowest BCUT2D eigenvalue weighted by Crippen LogP contribution is -2.29. The Morgan fingerprint density at radius 2 is 1.83 bits per heavy atom. The van der Waals surface area contributed by atoms with Crippen molar-refractivity contribution in [1.82, 2.24) is 10.3 Å². The van der Waals surface area contributed by atoms with E-state index in [1.165, 1.54) is 0 Å². The van der Waals surface area contributed by atoms with Crippen LogP contribution >= 0.6 is 11.3 Å². The van der Waals surface area contributed by atoms with Gasteiger partial charge in [-0.05, 0) is 23.1 Å². The molecule has 1 heterocycles. The lowest BCUT2D eigenvalue weighted by Gasteiger charge is -2.18. The van der Waals surface area contributed by atoms with Crippen LogP contribution in [0.4, 0.5) is 4.79 Å². The van der Waals surface area contributed by atoms with Gasteiger partial charge < -0.3 is 25.3 Å². The zero-order valence-corrected chi connectivity index (χ0v) is 16.4. The number of rotatable bonds is 8. The highest BCUT2D eigenvalue weighted by Crippen LogP contribution is 2.23. The first-order valence-electron chi connectivity index (χ1n) is 9.12. The van der Waals surface area contributed by atoms with Crippen LogP contribution in [0.25, 0.3) is 11.3 Å². The van der Waals surface area contributed by atoms with E-state index in [2.05, 4.69) is 10.3 Å². The molecule has 0 saturated carbocycles. The summed E-state index contributed by atoms with van der Waals surface area (Å²) in [5.74, 6) is 0. The summed E-state index contributed by atoms with van der Waals surface area (Å²) in [6, 6.07) is 16.2. The van der Waals surface area contributed by atoms with E-state index in [-0.39, 0.29) is 24.4 Å². The summed E-state index contributed by atoms with van der Waals surface area (Å²) < 4.78 is 5.09. The highest BCUT2D eigenvalue weighted by Gasteiger charge is 2.18. The number of thiazole rings is 1. The van der Waals surface area contributed by atoms with E-state index >= 15 is 0 Å². The summed E-state index contributed by atoms with van der Waals surface area (Å²) in [4.78, 5) is 25.5. The number of hydrogen-bond donors (Lipinski definition) is 4. The number of aliphatic hydroxyl groups excluding tert-OH is 2. The van der Waals surface area contributed by atoms with Crippen molar-refractivity contribution in [3.63, 3.8) is 0 Å². The average molecular weight is 414 g/mol. The van der Waals surface area contributed by atoms with Gasteiger partial charge in [-0.25, -0.2) is 4.79 Å². The highest BCUT2D eigenvalue weighted by molar-refractivity contribution is 7.07. The van der Waals surface area contributed by atoms with E-state index in [4.69, 9.17) is 4.74 Å². The van der Waals surface area contributed by atoms with Crippen molar-refractivity contribution < 1.29 is 19.7 Å². The Morgan fingerprint density at radius 3 is 2.48 bits per heavy atom. The lowest BCUT2D eigenvalue weighted by atomic mass is 10.0. The molecule has 8 heteroatoms. The van der Waals surface area contributed by atoms with Gasteiger partial charge in [0.1, 0.15) is 12.7 Å². The van der Waals surface area contributed by atoms with Crippen molar-refractivity contribution in [3.8, 4) is 11.3 Å². The van der Waals surface area contributed by atoms with Crippen LogP contribution in [0.5, 0.6) is 0 Å². The lowest BCUT2D eigenvalue weighted by molar-refractivity contribution is 0.0136. The fraction of sp³-hybridized carbons (Fsp3) is 0.238. The quantitative estimate of drug-likeness (QED) is 0.453. The minimum atomic E-state index is -1.09. The van der Waals surface area contributed by atoms with Gasteiger partial charge in [0.05, 0.1) is 11.8 Å². The molecule has 0 fully saturated rings. The van der Waals surface area contributed by atoms with E-state index in [0.717, 1.165) is 22.5 Å². The monoisotopic (exact) mass is 414 g/mol. The van der Waals surface area contributed by atoms with Crippen molar-refractivity contribution in [2.24, 2.45) is 0 Å². The van der Waals surface area contributed by atoms with Crippen LogP contribution in [-0.4, -0.2) is 33.9 Å². The molecule has 3 rings (SSSR count). The third-order valence-corrected chi connectivity index (χ3v) is 5.04. The van der Waals surface area contributed by atoms with Gasteiger partial charge in [0, 0.05) is 11.9 Å². The predicted octanol–water partition coefficient (Wildman–Crippen LogP) is 2.81. The standard InChI is InChI=1S/C21H22N2O5S/c24-18(10-11-22-20(26)28-12-14-4-2-1-3-5-14)19(25)16-8-6-15(7-9-16)17-13-29-21(27)23-17/h1-9,13,18-19,24-25H,10-12H2,(H,22,26)(H,23,27). The van der Waals surface area contributed by atoms with Gasteiger partial charge in [0.25, 0.3) is 0 Å². The van der Waals surface area contributed by atoms with Crippen molar-refractivity contribution in [2.75, 3.05) is 6.54 Å². The van der Waals surface area contributed by atoms with Crippen molar-refractivity contribution in [3.05, 3.63) is 80.8 Å². The molecule has 0 bridgehead atoms. The second kappa shape index (κ2) is 10.0. The first-order chi connectivity index (χ1) is 14.0. The van der Waals surface area contributed by atoms with Gasteiger partial charge in [-0.3, -0.25) is 4.79 Å². The number of aromatic nitrogens is 1. The first-order valence-corrected chi connectivity index (χ1v) is 10.00. The van der Waals surface area contributed by atoms with Crippen molar-refractivity contribution in [1.29, 1.82) is 0 Å². The first kappa shape index (κ1) is 20.8. The Hall–Kier alpha value is -2.94. The van der Waals surface area contributed by atoms with Crippen LogP contribution in [0.3, 0.4) is 0 Å². The molecule has 4 N–H and O–H groups in total. The number of ether oxygens (including phenoxy) is 1. The summed E-state index contributed by atoms with van der Waals surface area (Å²) in [5, 5.41) is 24.8. The molecule has 0 aliphatic rings. The Bertz CT molecular complexity index is 968. The summed E-state index contributed by atoms with van der Waals surface area (Å²) in [5.41, 5.74) is 2.95. The third-order valence-electron chi connectivity index (χ3n) is 4.37. The van der Waals surface area contributed by atoms with E-state index in [9.17, 15) is 19.8 Å². The largest absolute Gasteiger partial charge is 0.445 e. The van der Waals surface area contributed by atoms with E-state index in [0.29, 0.717) is 11.3 Å². The van der Waals surface area contributed by atoms with Gasteiger partial charge in [0.2, 0.25) is 0 Å². The molecule has 1 aromatic heterocycles. The second-order valence-corrected chi connectivity index (χ2v) is 7.32. The summed E-state index contributed by atoms with van der Waals surface area (Å²) in [6.45, 7) is 0.333. The van der Waals surface area contributed by atoms with Crippen LogP contribution in [0.2, 0.25) is 0 Å². The third kappa shape index (κ3) is 6.02. The molecule has 2 aromatic carbocycles. The van der Waals surface area contributed by atoms with Crippen LogP contribution in [-0.2, 0) is 11.3 Å². The van der Waals surface area contributed by atoms with E-state index in [1.807, 2.05) is 30.3 Å². The number of hydrogen-bond acceptors (Lipinski definition) is 6. The number of benzene rings is 2. The molecular weight excluding hydrogens is 392 g/mol. The van der Waals surface area contributed by atoms with Crippen molar-refractivity contribution >= 4 is 17.4 Å². The molecule has 0 aliphatic carbocycles. The van der Waals surface area contributed by atoms with Crippen LogP contribution in [0.1, 0.15) is 23.7 Å². The van der Waals surface area contributed by atoms with Gasteiger partial charge in [-0.15, -0.1) is 0 Å². The Balaban J connectivity index is 1.43. The molecule has 0 radical (unpaired) electrons. The smallest absolute Gasteiger partial charge is 0.407 e. The number of carbonyl (C=O) groups excluding carboxylic acids is 1. The summed E-state index contributed by atoms with van der Waals surface area (Å²) in [7, 11) is 0.